The second kappa shape index (κ2) is 5.37. The number of benzene rings is 1. The van der Waals surface area contributed by atoms with Crippen molar-refractivity contribution in [2.45, 2.75) is 30.8 Å². The van der Waals surface area contributed by atoms with Crippen LogP contribution in [-0.2, 0) is 14.3 Å². The van der Waals surface area contributed by atoms with Gasteiger partial charge in [-0.1, -0.05) is 17.7 Å². The van der Waals surface area contributed by atoms with Gasteiger partial charge >= 0.3 is 6.18 Å². The lowest BCUT2D eigenvalue weighted by molar-refractivity contribution is -0.216. The fourth-order valence-corrected chi connectivity index (χ4v) is 3.11. The van der Waals surface area contributed by atoms with Crippen LogP contribution in [0.15, 0.2) is 29.2 Å². The molecular formula is C13H15F3O3S. The second-order valence-corrected chi connectivity index (χ2v) is 6.65. The third-order valence-electron chi connectivity index (χ3n) is 3.58. The minimum Gasteiger partial charge on any atom is -0.266 e. The number of hydrogen-bond donors (Lipinski definition) is 0. The summed E-state index contributed by atoms with van der Waals surface area (Å²) < 4.78 is 66.0. The molecule has 1 saturated carbocycles. The molecule has 1 aliphatic carbocycles. The summed E-state index contributed by atoms with van der Waals surface area (Å²) in [6.45, 7) is 1.39. The van der Waals surface area contributed by atoms with E-state index in [2.05, 4.69) is 0 Å². The minimum absolute atomic E-state index is 0.0361. The minimum atomic E-state index is -4.28. The van der Waals surface area contributed by atoms with Crippen molar-refractivity contribution < 1.29 is 25.8 Å². The maximum Gasteiger partial charge on any atom is 0.392 e. The Morgan fingerprint density at radius 3 is 2.25 bits per heavy atom. The summed E-state index contributed by atoms with van der Waals surface area (Å²) in [5, 5.41) is 0. The molecule has 0 N–H and O–H groups in total. The van der Waals surface area contributed by atoms with Gasteiger partial charge in [-0.2, -0.15) is 21.6 Å². The van der Waals surface area contributed by atoms with E-state index in [9.17, 15) is 21.6 Å². The summed E-state index contributed by atoms with van der Waals surface area (Å²) in [4.78, 5) is -0.0361. The van der Waals surface area contributed by atoms with E-state index >= 15 is 0 Å². The van der Waals surface area contributed by atoms with Crippen molar-refractivity contribution in [2.24, 2.45) is 11.8 Å². The summed E-state index contributed by atoms with van der Waals surface area (Å²) >= 11 is 0. The molecule has 0 saturated heterocycles. The van der Waals surface area contributed by atoms with Crippen LogP contribution < -0.4 is 0 Å². The number of alkyl halides is 3. The third kappa shape index (κ3) is 3.32. The smallest absolute Gasteiger partial charge is 0.266 e. The van der Waals surface area contributed by atoms with Crippen LogP contribution in [0.2, 0.25) is 0 Å². The van der Waals surface area contributed by atoms with Gasteiger partial charge in [-0.25, -0.2) is 0 Å². The first kappa shape index (κ1) is 15.3. The van der Waals surface area contributed by atoms with Crippen LogP contribution in [0.1, 0.15) is 18.4 Å². The Balaban J connectivity index is 1.98. The average Bonchev–Trinajstić information content (AvgIpc) is 2.25. The predicted octanol–water partition coefficient (Wildman–Crippen LogP) is 3.29. The van der Waals surface area contributed by atoms with E-state index in [4.69, 9.17) is 4.18 Å². The fourth-order valence-electron chi connectivity index (χ4n) is 2.15. The van der Waals surface area contributed by atoms with Crippen LogP contribution in [0.5, 0.6) is 0 Å². The molecule has 0 aliphatic heterocycles. The summed E-state index contributed by atoms with van der Waals surface area (Å²) in [5.74, 6) is -2.22. The van der Waals surface area contributed by atoms with E-state index in [-0.39, 0.29) is 11.3 Å². The zero-order valence-corrected chi connectivity index (χ0v) is 11.7. The SMILES string of the molecule is Cc1ccc(S(=O)(=O)OCC2CCC2C(F)(F)F)cc1. The largest absolute Gasteiger partial charge is 0.392 e. The molecule has 0 heterocycles. The van der Waals surface area contributed by atoms with Crippen LogP contribution in [0.4, 0.5) is 13.2 Å². The molecule has 1 aromatic rings. The van der Waals surface area contributed by atoms with E-state index in [1.165, 1.54) is 12.1 Å². The van der Waals surface area contributed by atoms with Crippen LogP contribution in [0, 0.1) is 18.8 Å². The van der Waals surface area contributed by atoms with Gasteiger partial charge in [0.1, 0.15) is 0 Å². The Bertz CT molecular complexity index is 564. The van der Waals surface area contributed by atoms with Gasteiger partial charge in [0.25, 0.3) is 10.1 Å². The maximum absolute atomic E-state index is 12.5. The first-order chi connectivity index (χ1) is 9.20. The summed E-state index contributed by atoms with van der Waals surface area (Å²) in [7, 11) is -3.98. The number of hydrogen-bond acceptors (Lipinski definition) is 3. The molecule has 0 bridgehead atoms. The Morgan fingerprint density at radius 1 is 1.20 bits per heavy atom. The van der Waals surface area contributed by atoms with Crippen LogP contribution in [0.3, 0.4) is 0 Å². The molecule has 1 fully saturated rings. The molecule has 1 aliphatic rings. The Morgan fingerprint density at radius 2 is 1.80 bits per heavy atom. The van der Waals surface area contributed by atoms with Gasteiger partial charge in [-0.3, -0.25) is 4.18 Å². The number of aryl methyl sites for hydroxylation is 1. The summed E-state index contributed by atoms with van der Waals surface area (Å²) in [6.07, 6.45) is -3.89. The maximum atomic E-state index is 12.5. The third-order valence-corrected chi connectivity index (χ3v) is 4.88. The zero-order chi connectivity index (χ0) is 15.0. The predicted molar refractivity (Wildman–Crippen MR) is 66.6 cm³/mol. The van der Waals surface area contributed by atoms with Crippen molar-refractivity contribution in [3.05, 3.63) is 29.8 Å². The van der Waals surface area contributed by atoms with Crippen molar-refractivity contribution in [3.63, 3.8) is 0 Å². The average molecular weight is 308 g/mol. The molecule has 112 valence electrons. The van der Waals surface area contributed by atoms with Crippen molar-refractivity contribution in [1.29, 1.82) is 0 Å². The molecule has 0 amide bonds. The number of halogens is 3. The van der Waals surface area contributed by atoms with E-state index in [0.717, 1.165) is 5.56 Å². The molecule has 0 spiro atoms. The van der Waals surface area contributed by atoms with Gasteiger partial charge in [-0.15, -0.1) is 0 Å². The highest BCUT2D eigenvalue weighted by atomic mass is 32.2. The van der Waals surface area contributed by atoms with Gasteiger partial charge in [0.15, 0.2) is 0 Å². The molecule has 20 heavy (non-hydrogen) atoms. The van der Waals surface area contributed by atoms with Crippen LogP contribution in [0.25, 0.3) is 0 Å². The molecule has 0 radical (unpaired) electrons. The molecule has 2 unspecified atom stereocenters. The molecule has 2 rings (SSSR count). The van der Waals surface area contributed by atoms with Gasteiger partial charge in [0.05, 0.1) is 17.4 Å². The molecule has 2 atom stereocenters. The highest BCUT2D eigenvalue weighted by molar-refractivity contribution is 7.86. The quantitative estimate of drug-likeness (QED) is 0.802. The normalized spacial score (nSPS) is 23.4. The lowest BCUT2D eigenvalue weighted by atomic mass is 9.74. The van der Waals surface area contributed by atoms with E-state index < -0.39 is 34.7 Å². The van der Waals surface area contributed by atoms with Gasteiger partial charge < -0.3 is 0 Å². The van der Waals surface area contributed by atoms with Gasteiger partial charge in [0, 0.05) is 0 Å². The van der Waals surface area contributed by atoms with E-state index in [1.807, 2.05) is 0 Å². The highest BCUT2D eigenvalue weighted by Gasteiger charge is 2.50. The van der Waals surface area contributed by atoms with Crippen molar-refractivity contribution in [2.75, 3.05) is 6.61 Å². The van der Waals surface area contributed by atoms with Crippen LogP contribution >= 0.6 is 0 Å². The number of rotatable bonds is 4. The van der Waals surface area contributed by atoms with E-state index in [0.29, 0.717) is 6.42 Å². The highest BCUT2D eigenvalue weighted by Crippen LogP contribution is 2.45. The van der Waals surface area contributed by atoms with Crippen LogP contribution in [-0.4, -0.2) is 21.2 Å². The Hall–Kier alpha value is -1.08. The van der Waals surface area contributed by atoms with Gasteiger partial charge in [0.2, 0.25) is 0 Å². The van der Waals surface area contributed by atoms with Crippen molar-refractivity contribution in [1.82, 2.24) is 0 Å². The standard InChI is InChI=1S/C13H15F3O3S/c1-9-2-5-11(6-3-9)20(17,18)19-8-10-4-7-12(10)13(14,15)16/h2-3,5-6,10,12H,4,7-8H2,1H3. The Kier molecular flexibility index (Phi) is 4.11. The molecule has 1 aromatic carbocycles. The molecule has 3 nitrogen and oxygen atoms in total. The summed E-state index contributed by atoms with van der Waals surface area (Å²) in [6, 6.07) is 5.98. The lowest BCUT2D eigenvalue weighted by Gasteiger charge is -2.37. The molecule has 0 aromatic heterocycles. The zero-order valence-electron chi connectivity index (χ0n) is 10.9. The Labute approximate surface area is 115 Å². The van der Waals surface area contributed by atoms with E-state index in [1.54, 1.807) is 19.1 Å². The molecule has 7 heteroatoms. The van der Waals surface area contributed by atoms with Gasteiger partial charge in [-0.05, 0) is 37.8 Å². The first-order valence-corrected chi connectivity index (χ1v) is 7.64. The monoisotopic (exact) mass is 308 g/mol. The fraction of sp³-hybridized carbons (Fsp3) is 0.538. The van der Waals surface area contributed by atoms with Crippen molar-refractivity contribution in [3.8, 4) is 0 Å². The topological polar surface area (TPSA) is 43.4 Å². The first-order valence-electron chi connectivity index (χ1n) is 6.23. The summed E-state index contributed by atoms with van der Waals surface area (Å²) in [5.41, 5.74) is 0.889. The van der Waals surface area contributed by atoms with Crippen molar-refractivity contribution >= 4 is 10.1 Å². The molecular weight excluding hydrogens is 293 g/mol. The lowest BCUT2D eigenvalue weighted by Crippen LogP contribution is -2.40. The second-order valence-electron chi connectivity index (χ2n) is 5.04.